The van der Waals surface area contributed by atoms with E-state index in [1.807, 2.05) is 0 Å². The number of fused-ring (bicyclic) bond motifs is 2. The fourth-order valence-electron chi connectivity index (χ4n) is 3.25. The Morgan fingerprint density at radius 1 is 1.00 bits per heavy atom. The number of hydrogen-bond acceptors (Lipinski definition) is 7. The monoisotopic (exact) mass is 406 g/mol. The predicted octanol–water partition coefficient (Wildman–Crippen LogP) is 3.13. The molecule has 0 amide bonds. The number of hydrogen-bond donors (Lipinski definition) is 1. The molecule has 2 aromatic carbocycles. The number of furan rings is 1. The molecule has 152 valence electrons. The second-order valence-corrected chi connectivity index (χ2v) is 6.51. The van der Waals surface area contributed by atoms with Crippen LogP contribution in [0.3, 0.4) is 0 Å². The van der Waals surface area contributed by atoms with Gasteiger partial charge in [-0.15, -0.1) is 0 Å². The van der Waals surface area contributed by atoms with E-state index in [0.717, 1.165) is 0 Å². The van der Waals surface area contributed by atoms with Crippen molar-refractivity contribution in [3.05, 3.63) is 75.9 Å². The lowest BCUT2D eigenvalue weighted by molar-refractivity contribution is -0.144. The van der Waals surface area contributed by atoms with Gasteiger partial charge in [-0.05, 0) is 19.1 Å². The lowest BCUT2D eigenvalue weighted by Gasteiger charge is -2.07. The Kier molecular flexibility index (Phi) is 5.30. The first kappa shape index (κ1) is 19.4. The molecule has 0 aliphatic rings. The smallest absolute Gasteiger partial charge is 0.374 e. The van der Waals surface area contributed by atoms with Gasteiger partial charge in [-0.1, -0.05) is 36.4 Å². The normalized spacial score (nSPS) is 11.0. The molecule has 0 fully saturated rings. The summed E-state index contributed by atoms with van der Waals surface area (Å²) in [4.78, 5) is 36.6. The maximum Gasteiger partial charge on any atom is 0.374 e. The first-order chi connectivity index (χ1) is 14.6. The highest BCUT2D eigenvalue weighted by molar-refractivity contribution is 5.96. The van der Waals surface area contributed by atoms with Crippen LogP contribution in [-0.2, 0) is 27.3 Å². The van der Waals surface area contributed by atoms with Crippen LogP contribution >= 0.6 is 0 Å². The van der Waals surface area contributed by atoms with E-state index in [1.165, 1.54) is 0 Å². The number of nitrogens with one attached hydrogen (secondary N) is 1. The lowest BCUT2D eigenvalue weighted by atomic mass is 10.1. The van der Waals surface area contributed by atoms with Crippen LogP contribution in [-0.4, -0.2) is 28.7 Å². The average molecular weight is 406 g/mol. The summed E-state index contributed by atoms with van der Waals surface area (Å²) in [7, 11) is 0. The Hall–Kier alpha value is -3.94. The Morgan fingerprint density at radius 3 is 2.47 bits per heavy atom. The van der Waals surface area contributed by atoms with Crippen molar-refractivity contribution in [2.75, 3.05) is 6.61 Å². The number of nitrogens with zero attached hydrogens (tertiary/aromatic N) is 1. The van der Waals surface area contributed by atoms with E-state index in [0.29, 0.717) is 33.0 Å². The van der Waals surface area contributed by atoms with Crippen molar-refractivity contribution >= 4 is 33.7 Å². The van der Waals surface area contributed by atoms with Gasteiger partial charge in [0.1, 0.15) is 12.2 Å². The number of aromatic amines is 1. The van der Waals surface area contributed by atoms with E-state index in [-0.39, 0.29) is 31.0 Å². The van der Waals surface area contributed by atoms with Gasteiger partial charge in [0.05, 0.1) is 29.7 Å². The quantitative estimate of drug-likeness (QED) is 0.490. The van der Waals surface area contributed by atoms with E-state index in [9.17, 15) is 14.4 Å². The van der Waals surface area contributed by atoms with Gasteiger partial charge in [-0.25, -0.2) is 9.89 Å². The number of benzene rings is 2. The number of carbonyl (C=O) groups is 2. The van der Waals surface area contributed by atoms with Crippen LogP contribution in [0.2, 0.25) is 0 Å². The Morgan fingerprint density at radius 2 is 1.70 bits per heavy atom. The standard InChI is InChI=1S/C22H18N2O6/c1-2-28-22(27)20-16(14-8-5-6-10-18(14)30-20)12-29-19(25)11-17-13-7-3-4-9-15(13)21(26)24-23-17/h3-10H,2,11-12H2,1H3,(H,24,26). The fourth-order valence-corrected chi connectivity index (χ4v) is 3.25. The molecule has 30 heavy (non-hydrogen) atoms. The highest BCUT2D eigenvalue weighted by atomic mass is 16.5. The van der Waals surface area contributed by atoms with Gasteiger partial charge in [0.2, 0.25) is 5.76 Å². The second-order valence-electron chi connectivity index (χ2n) is 6.51. The molecule has 0 aliphatic heterocycles. The highest BCUT2D eigenvalue weighted by Crippen LogP contribution is 2.27. The molecule has 0 saturated carbocycles. The number of aromatic nitrogens is 2. The molecule has 0 radical (unpaired) electrons. The van der Waals surface area contributed by atoms with Crippen LogP contribution in [0.4, 0.5) is 0 Å². The summed E-state index contributed by atoms with van der Waals surface area (Å²) in [5.74, 6) is -1.16. The van der Waals surface area contributed by atoms with Crippen LogP contribution in [0.5, 0.6) is 0 Å². The molecule has 2 aromatic heterocycles. The van der Waals surface area contributed by atoms with Gasteiger partial charge >= 0.3 is 11.9 Å². The topological polar surface area (TPSA) is 111 Å². The molecule has 2 heterocycles. The molecule has 8 heteroatoms. The summed E-state index contributed by atoms with van der Waals surface area (Å²) in [5.41, 5.74) is 1.01. The van der Waals surface area contributed by atoms with Crippen LogP contribution < -0.4 is 5.56 Å². The van der Waals surface area contributed by atoms with Gasteiger partial charge in [0.15, 0.2) is 0 Å². The fraction of sp³-hybridized carbons (Fsp3) is 0.182. The SMILES string of the molecule is CCOC(=O)c1oc2ccccc2c1COC(=O)Cc1n[nH]c(=O)c2ccccc12. The zero-order chi connectivity index (χ0) is 21.1. The van der Waals surface area contributed by atoms with Crippen molar-refractivity contribution in [3.8, 4) is 0 Å². The highest BCUT2D eigenvalue weighted by Gasteiger charge is 2.23. The first-order valence-electron chi connectivity index (χ1n) is 9.38. The van der Waals surface area contributed by atoms with E-state index in [1.54, 1.807) is 55.5 Å². The van der Waals surface area contributed by atoms with E-state index >= 15 is 0 Å². The van der Waals surface area contributed by atoms with Crippen LogP contribution in [0.1, 0.15) is 28.7 Å². The summed E-state index contributed by atoms with van der Waals surface area (Å²) in [6, 6.07) is 14.0. The van der Waals surface area contributed by atoms with Gasteiger partial charge < -0.3 is 13.9 Å². The predicted molar refractivity (Wildman–Crippen MR) is 108 cm³/mol. The molecule has 1 N–H and O–H groups in total. The number of carbonyl (C=O) groups excluding carboxylic acids is 2. The summed E-state index contributed by atoms with van der Waals surface area (Å²) in [5, 5.41) is 8.07. The molecular formula is C22H18N2O6. The Balaban J connectivity index is 1.57. The minimum absolute atomic E-state index is 0.0125. The molecule has 4 rings (SSSR count). The zero-order valence-electron chi connectivity index (χ0n) is 16.1. The number of esters is 2. The molecule has 0 atom stereocenters. The lowest BCUT2D eigenvalue weighted by Crippen LogP contribution is -2.15. The van der Waals surface area contributed by atoms with Crippen LogP contribution in [0.15, 0.2) is 57.7 Å². The van der Waals surface area contributed by atoms with Gasteiger partial charge in [0, 0.05) is 10.8 Å². The minimum atomic E-state index is -0.618. The maximum absolute atomic E-state index is 12.5. The van der Waals surface area contributed by atoms with Gasteiger partial charge in [-0.2, -0.15) is 5.10 Å². The van der Waals surface area contributed by atoms with E-state index < -0.39 is 11.9 Å². The summed E-state index contributed by atoms with van der Waals surface area (Å²) in [6.45, 7) is 1.73. The maximum atomic E-state index is 12.5. The van der Waals surface area contributed by atoms with Crippen molar-refractivity contribution in [3.63, 3.8) is 0 Å². The van der Waals surface area contributed by atoms with Crippen molar-refractivity contribution in [1.29, 1.82) is 0 Å². The molecule has 0 unspecified atom stereocenters. The third-order valence-corrected chi connectivity index (χ3v) is 4.62. The van der Waals surface area contributed by atoms with Gasteiger partial charge in [0.25, 0.3) is 5.56 Å². The van der Waals surface area contributed by atoms with Crippen LogP contribution in [0, 0.1) is 0 Å². The average Bonchev–Trinajstić information content (AvgIpc) is 3.13. The molecule has 0 aliphatic carbocycles. The third kappa shape index (κ3) is 3.67. The second kappa shape index (κ2) is 8.20. The van der Waals surface area contributed by atoms with Crippen molar-refractivity contribution in [2.45, 2.75) is 20.0 Å². The van der Waals surface area contributed by atoms with Crippen molar-refractivity contribution in [2.24, 2.45) is 0 Å². The Bertz CT molecular complexity index is 1300. The number of para-hydroxylation sites is 1. The molecule has 0 spiro atoms. The largest absolute Gasteiger partial charge is 0.460 e. The third-order valence-electron chi connectivity index (χ3n) is 4.62. The summed E-state index contributed by atoms with van der Waals surface area (Å²) < 4.78 is 16.1. The van der Waals surface area contributed by atoms with E-state index in [2.05, 4.69) is 10.2 Å². The number of ether oxygens (including phenoxy) is 2. The summed E-state index contributed by atoms with van der Waals surface area (Å²) in [6.07, 6.45) is -0.137. The molecule has 0 bridgehead atoms. The van der Waals surface area contributed by atoms with Crippen molar-refractivity contribution in [1.82, 2.24) is 10.2 Å². The Labute approximate surface area is 170 Å². The molecule has 8 nitrogen and oxygen atoms in total. The number of rotatable bonds is 6. The molecular weight excluding hydrogens is 388 g/mol. The van der Waals surface area contributed by atoms with Gasteiger partial charge in [-0.3, -0.25) is 9.59 Å². The first-order valence-corrected chi connectivity index (χ1v) is 9.38. The van der Waals surface area contributed by atoms with Crippen molar-refractivity contribution < 1.29 is 23.5 Å². The number of H-pyrrole nitrogens is 1. The summed E-state index contributed by atoms with van der Waals surface area (Å²) >= 11 is 0. The molecule has 0 saturated heterocycles. The van der Waals surface area contributed by atoms with Crippen LogP contribution in [0.25, 0.3) is 21.7 Å². The molecule has 4 aromatic rings. The zero-order valence-corrected chi connectivity index (χ0v) is 16.1. The van der Waals surface area contributed by atoms with E-state index in [4.69, 9.17) is 13.9 Å². The minimum Gasteiger partial charge on any atom is -0.460 e.